The number of carbonyl (C=O) groups excluding carboxylic acids is 1. The molecule has 0 aliphatic carbocycles. The Kier molecular flexibility index (Phi) is 4.53. The molecule has 7 nitrogen and oxygen atoms in total. The first-order chi connectivity index (χ1) is 13.8. The summed E-state index contributed by atoms with van der Waals surface area (Å²) in [5.74, 6) is 0.480. The molecule has 0 bridgehead atoms. The van der Waals surface area contributed by atoms with Crippen molar-refractivity contribution in [2.75, 3.05) is 12.1 Å². The van der Waals surface area contributed by atoms with Gasteiger partial charge in [-0.2, -0.15) is 5.10 Å². The van der Waals surface area contributed by atoms with E-state index in [2.05, 4.69) is 30.0 Å². The molecule has 150 valence electrons. The second-order valence-electron chi connectivity index (χ2n) is 7.64. The summed E-state index contributed by atoms with van der Waals surface area (Å²) in [5.41, 5.74) is 4.63. The van der Waals surface area contributed by atoms with Crippen molar-refractivity contribution in [1.29, 1.82) is 0 Å². The number of ether oxygens (including phenoxy) is 1. The quantitative estimate of drug-likeness (QED) is 0.639. The van der Waals surface area contributed by atoms with Crippen LogP contribution in [-0.2, 0) is 13.6 Å². The van der Waals surface area contributed by atoms with Crippen molar-refractivity contribution in [1.82, 2.24) is 14.5 Å². The van der Waals surface area contributed by atoms with E-state index < -0.39 is 0 Å². The van der Waals surface area contributed by atoms with Gasteiger partial charge in [0.05, 0.1) is 31.1 Å². The molecule has 0 saturated carbocycles. The molecule has 3 heterocycles. The van der Waals surface area contributed by atoms with Gasteiger partial charge in [0.2, 0.25) is 0 Å². The Labute approximate surface area is 169 Å². The molecule has 2 aromatic heterocycles. The predicted molar refractivity (Wildman–Crippen MR) is 112 cm³/mol. The molecule has 4 rings (SSSR count). The van der Waals surface area contributed by atoms with Gasteiger partial charge in [0.15, 0.2) is 11.2 Å². The molecule has 0 fully saturated rings. The number of benzene rings is 1. The normalized spacial score (nSPS) is 12.7. The molecule has 0 N–H and O–H groups in total. The lowest BCUT2D eigenvalue weighted by Crippen LogP contribution is -2.44. The standard InChI is InChI=1S/C22H24N4O3/c1-13(2)25-11-15-6-18(16-9-23-24(4)10-16)22(29-5)7-17(15)20-8-21(28)19(14(3)27)12-26(20)25/h6-10,12-13H,11H2,1-5H3. The van der Waals surface area contributed by atoms with Gasteiger partial charge in [0.25, 0.3) is 0 Å². The minimum Gasteiger partial charge on any atom is -0.496 e. The zero-order valence-corrected chi connectivity index (χ0v) is 17.3. The van der Waals surface area contributed by atoms with Crippen LogP contribution in [0.25, 0.3) is 22.4 Å². The van der Waals surface area contributed by atoms with Crippen LogP contribution in [0, 0.1) is 0 Å². The summed E-state index contributed by atoms with van der Waals surface area (Å²) in [4.78, 5) is 24.5. The first-order valence-electron chi connectivity index (χ1n) is 9.55. The molecule has 0 spiro atoms. The molecule has 0 saturated heterocycles. The van der Waals surface area contributed by atoms with Crippen molar-refractivity contribution in [3.8, 4) is 28.1 Å². The van der Waals surface area contributed by atoms with Gasteiger partial charge < -0.3 is 9.75 Å². The number of rotatable bonds is 4. The number of aromatic nitrogens is 3. The van der Waals surface area contributed by atoms with E-state index in [-0.39, 0.29) is 22.8 Å². The number of hydrogen-bond acceptors (Lipinski definition) is 5. The van der Waals surface area contributed by atoms with Crippen LogP contribution in [-0.4, -0.2) is 33.4 Å². The fourth-order valence-electron chi connectivity index (χ4n) is 3.83. The Morgan fingerprint density at radius 1 is 1.17 bits per heavy atom. The van der Waals surface area contributed by atoms with E-state index >= 15 is 0 Å². The van der Waals surface area contributed by atoms with E-state index in [0.717, 1.165) is 27.9 Å². The lowest BCUT2D eigenvalue weighted by atomic mass is 9.95. The van der Waals surface area contributed by atoms with Crippen LogP contribution >= 0.6 is 0 Å². The van der Waals surface area contributed by atoms with Crippen molar-refractivity contribution < 1.29 is 9.53 Å². The van der Waals surface area contributed by atoms with Crippen LogP contribution < -0.4 is 15.2 Å². The van der Waals surface area contributed by atoms with E-state index in [1.54, 1.807) is 24.1 Å². The van der Waals surface area contributed by atoms with Crippen LogP contribution in [0.15, 0.2) is 41.6 Å². The maximum absolute atomic E-state index is 12.6. The molecule has 3 aromatic rings. The van der Waals surface area contributed by atoms with Gasteiger partial charge in [-0.3, -0.25) is 18.9 Å². The van der Waals surface area contributed by atoms with E-state index in [1.807, 2.05) is 30.2 Å². The second kappa shape index (κ2) is 6.92. The van der Waals surface area contributed by atoms with Crippen molar-refractivity contribution in [3.05, 3.63) is 58.1 Å². The largest absolute Gasteiger partial charge is 0.496 e. The number of fused-ring (bicyclic) bond motifs is 3. The summed E-state index contributed by atoms with van der Waals surface area (Å²) >= 11 is 0. The first kappa shape index (κ1) is 19.0. The van der Waals surface area contributed by atoms with Gasteiger partial charge in [0, 0.05) is 48.2 Å². The van der Waals surface area contributed by atoms with Crippen molar-refractivity contribution in [2.24, 2.45) is 7.05 Å². The number of nitrogens with zero attached hydrogens (tertiary/aromatic N) is 4. The lowest BCUT2D eigenvalue weighted by Gasteiger charge is -2.38. The number of methoxy groups -OCH3 is 1. The van der Waals surface area contributed by atoms with Gasteiger partial charge in [-0.05, 0) is 38.5 Å². The summed E-state index contributed by atoms with van der Waals surface area (Å²) < 4.78 is 9.35. The van der Waals surface area contributed by atoms with Crippen molar-refractivity contribution in [3.63, 3.8) is 0 Å². The average molecular weight is 392 g/mol. The second-order valence-corrected chi connectivity index (χ2v) is 7.64. The Morgan fingerprint density at radius 3 is 2.52 bits per heavy atom. The highest BCUT2D eigenvalue weighted by atomic mass is 16.5. The van der Waals surface area contributed by atoms with Crippen LogP contribution in [0.4, 0.5) is 0 Å². The zero-order chi connectivity index (χ0) is 20.9. The number of aryl methyl sites for hydroxylation is 1. The summed E-state index contributed by atoms with van der Waals surface area (Å²) in [7, 11) is 3.51. The van der Waals surface area contributed by atoms with Gasteiger partial charge >= 0.3 is 0 Å². The summed E-state index contributed by atoms with van der Waals surface area (Å²) in [5, 5.41) is 6.41. The van der Waals surface area contributed by atoms with E-state index in [4.69, 9.17) is 4.74 Å². The molecule has 7 heteroatoms. The molecular formula is C22H24N4O3. The number of carbonyl (C=O) groups is 1. The molecule has 0 unspecified atom stereocenters. The van der Waals surface area contributed by atoms with E-state index in [0.29, 0.717) is 12.3 Å². The molecule has 1 aliphatic heterocycles. The van der Waals surface area contributed by atoms with Crippen LogP contribution in [0.1, 0.15) is 36.7 Å². The fraction of sp³-hybridized carbons (Fsp3) is 0.318. The molecule has 1 aromatic carbocycles. The minimum absolute atomic E-state index is 0.174. The average Bonchev–Trinajstić information content (AvgIpc) is 3.11. The fourth-order valence-corrected chi connectivity index (χ4v) is 3.83. The summed E-state index contributed by atoms with van der Waals surface area (Å²) in [6.07, 6.45) is 5.42. The maximum atomic E-state index is 12.6. The third-order valence-corrected chi connectivity index (χ3v) is 5.33. The van der Waals surface area contributed by atoms with Crippen LogP contribution in [0.2, 0.25) is 0 Å². The summed E-state index contributed by atoms with van der Waals surface area (Å²) in [6.45, 7) is 6.25. The zero-order valence-electron chi connectivity index (χ0n) is 17.3. The third kappa shape index (κ3) is 3.12. The highest BCUT2D eigenvalue weighted by molar-refractivity contribution is 5.94. The van der Waals surface area contributed by atoms with E-state index in [9.17, 15) is 9.59 Å². The number of Topliss-reactive ketones (excluding diaryl/α,β-unsaturated/α-hetero) is 1. The third-order valence-electron chi connectivity index (χ3n) is 5.33. The monoisotopic (exact) mass is 392 g/mol. The smallest absolute Gasteiger partial charge is 0.193 e. The topological polar surface area (TPSA) is 69.4 Å². The lowest BCUT2D eigenvalue weighted by molar-refractivity contribution is 0.101. The minimum atomic E-state index is -0.268. The Hall–Kier alpha value is -3.35. The Morgan fingerprint density at radius 2 is 1.93 bits per heavy atom. The van der Waals surface area contributed by atoms with Crippen molar-refractivity contribution >= 4 is 5.78 Å². The van der Waals surface area contributed by atoms with Gasteiger partial charge in [0.1, 0.15) is 5.75 Å². The Bertz CT molecular complexity index is 1170. The van der Waals surface area contributed by atoms with Crippen molar-refractivity contribution in [2.45, 2.75) is 33.4 Å². The molecule has 29 heavy (non-hydrogen) atoms. The molecular weight excluding hydrogens is 368 g/mol. The van der Waals surface area contributed by atoms with Crippen LogP contribution in [0.3, 0.4) is 0 Å². The molecule has 1 aliphatic rings. The van der Waals surface area contributed by atoms with Gasteiger partial charge in [-0.1, -0.05) is 0 Å². The summed E-state index contributed by atoms with van der Waals surface area (Å²) in [6, 6.07) is 5.79. The SMILES string of the molecule is COc1cc2c(cc1-c1cnn(C)c1)CN(C(C)C)n1cc(C(C)=O)c(=O)cc1-2. The van der Waals surface area contributed by atoms with Crippen LogP contribution in [0.5, 0.6) is 5.75 Å². The number of pyridine rings is 1. The molecule has 0 amide bonds. The highest BCUT2D eigenvalue weighted by Gasteiger charge is 2.26. The van der Waals surface area contributed by atoms with E-state index in [1.165, 1.54) is 6.92 Å². The highest BCUT2D eigenvalue weighted by Crippen LogP contribution is 2.39. The first-order valence-corrected chi connectivity index (χ1v) is 9.55. The predicted octanol–water partition coefficient (Wildman–Crippen LogP) is 2.99. The molecule has 0 atom stereocenters. The van der Waals surface area contributed by atoms with Gasteiger partial charge in [-0.25, -0.2) is 0 Å². The van der Waals surface area contributed by atoms with Gasteiger partial charge in [-0.15, -0.1) is 0 Å². The number of ketones is 1. The maximum Gasteiger partial charge on any atom is 0.193 e. The Balaban J connectivity index is 1.98. The molecule has 0 radical (unpaired) electrons. The number of hydrogen-bond donors (Lipinski definition) is 0.